The number of hydrogen-bond acceptors (Lipinski definition) is 5. The summed E-state index contributed by atoms with van der Waals surface area (Å²) in [5.41, 5.74) is 1.89. The molecule has 2 aromatic rings. The first kappa shape index (κ1) is 24.4. The Bertz CT molecular complexity index is 1230. The molecule has 1 aromatic carbocycles. The third-order valence-electron chi connectivity index (χ3n) is 10.5. The number of fused-ring (bicyclic) bond motifs is 4. The molecule has 4 atom stereocenters. The highest BCUT2D eigenvalue weighted by molar-refractivity contribution is 5.76. The summed E-state index contributed by atoms with van der Waals surface area (Å²) < 4.78 is 2.11. The highest BCUT2D eigenvalue weighted by Crippen LogP contribution is 2.44. The number of para-hydroxylation sites is 2. The number of piperidine rings is 1. The van der Waals surface area contributed by atoms with Crippen molar-refractivity contribution in [1.82, 2.24) is 19.4 Å². The summed E-state index contributed by atoms with van der Waals surface area (Å²) in [5.74, 6) is 1.11. The Hall–Kier alpha value is -2.61. The van der Waals surface area contributed by atoms with E-state index >= 15 is 0 Å². The molecule has 0 spiro atoms. The van der Waals surface area contributed by atoms with Crippen molar-refractivity contribution in [2.45, 2.75) is 94.8 Å². The zero-order valence-electron chi connectivity index (χ0n) is 22.4. The van der Waals surface area contributed by atoms with Crippen molar-refractivity contribution in [3.05, 3.63) is 34.6 Å². The van der Waals surface area contributed by atoms with Crippen molar-refractivity contribution in [3.8, 4) is 0 Å². The zero-order valence-corrected chi connectivity index (χ0v) is 22.4. The summed E-state index contributed by atoms with van der Waals surface area (Å²) in [6, 6.07) is 10.2. The lowest BCUT2D eigenvalue weighted by Gasteiger charge is -2.45. The van der Waals surface area contributed by atoms with Gasteiger partial charge in [-0.1, -0.05) is 44.2 Å². The lowest BCUT2D eigenvalue weighted by atomic mass is 9.89. The topological polar surface area (TPSA) is 81.9 Å². The minimum absolute atomic E-state index is 0.0440. The second-order valence-electron chi connectivity index (χ2n) is 12.7. The van der Waals surface area contributed by atoms with Gasteiger partial charge in [0, 0.05) is 62.2 Å². The van der Waals surface area contributed by atoms with Crippen LogP contribution in [-0.4, -0.2) is 74.9 Å². The predicted octanol–water partition coefficient (Wildman–Crippen LogP) is 4.72. The molecular weight excluding hydrogens is 478 g/mol. The van der Waals surface area contributed by atoms with Gasteiger partial charge in [-0.2, -0.15) is 0 Å². The smallest absolute Gasteiger partial charge is 0.407 e. The van der Waals surface area contributed by atoms with Crippen LogP contribution < -0.4 is 10.5 Å². The van der Waals surface area contributed by atoms with E-state index in [1.165, 1.54) is 62.7 Å². The van der Waals surface area contributed by atoms with E-state index in [4.69, 9.17) is 4.98 Å². The van der Waals surface area contributed by atoms with E-state index in [1.807, 2.05) is 18.2 Å². The molecule has 4 unspecified atom stereocenters. The highest BCUT2D eigenvalue weighted by Gasteiger charge is 2.46. The Balaban J connectivity index is 1.17. The zero-order chi connectivity index (χ0) is 25.8. The Labute approximate surface area is 224 Å². The first-order valence-electron chi connectivity index (χ1n) is 15.1. The van der Waals surface area contributed by atoms with Crippen molar-refractivity contribution in [2.75, 3.05) is 31.1 Å². The fraction of sp³-hybridized carbons (Fsp3) is 0.700. The number of anilines is 1. The second-order valence-corrected chi connectivity index (χ2v) is 12.7. The van der Waals surface area contributed by atoms with Crippen molar-refractivity contribution < 1.29 is 9.90 Å². The molecule has 38 heavy (non-hydrogen) atoms. The van der Waals surface area contributed by atoms with E-state index in [0.717, 1.165) is 29.9 Å². The Kier molecular flexibility index (Phi) is 6.33. The molecule has 5 fully saturated rings. The van der Waals surface area contributed by atoms with Crippen LogP contribution in [0.15, 0.2) is 29.1 Å². The lowest BCUT2D eigenvalue weighted by Crippen LogP contribution is -2.50. The van der Waals surface area contributed by atoms with E-state index in [2.05, 4.69) is 20.4 Å². The van der Waals surface area contributed by atoms with Gasteiger partial charge >= 0.3 is 6.09 Å². The van der Waals surface area contributed by atoms with Crippen LogP contribution in [0.25, 0.3) is 11.0 Å². The number of likely N-dealkylation sites (tertiary alicyclic amines) is 1. The van der Waals surface area contributed by atoms with Crippen molar-refractivity contribution in [1.29, 1.82) is 0 Å². The molecule has 4 aliphatic heterocycles. The molecule has 1 saturated carbocycles. The van der Waals surface area contributed by atoms with Crippen LogP contribution in [0.3, 0.4) is 0 Å². The quantitative estimate of drug-likeness (QED) is 0.632. The van der Waals surface area contributed by atoms with E-state index in [1.54, 1.807) is 0 Å². The summed E-state index contributed by atoms with van der Waals surface area (Å²) in [6.07, 6.45) is 13.4. The van der Waals surface area contributed by atoms with Gasteiger partial charge in [-0.05, 0) is 50.7 Å². The van der Waals surface area contributed by atoms with Gasteiger partial charge in [0.05, 0.1) is 11.0 Å². The van der Waals surface area contributed by atoms with E-state index in [9.17, 15) is 14.7 Å². The minimum Gasteiger partial charge on any atom is -0.465 e. The SMILES string of the molecule is O=C(O)N1CC2CN(c3nc4ccccc4n(C4CC5CCC(C4)N5C4CCCCCCC4)c3=O)CC2C1. The van der Waals surface area contributed by atoms with Gasteiger partial charge in [0.15, 0.2) is 5.82 Å². The molecule has 8 heteroatoms. The molecule has 1 aromatic heterocycles. The lowest BCUT2D eigenvalue weighted by molar-refractivity contribution is 0.0498. The van der Waals surface area contributed by atoms with E-state index in [0.29, 0.717) is 44.1 Å². The minimum atomic E-state index is -0.836. The Morgan fingerprint density at radius 2 is 1.42 bits per heavy atom. The second kappa shape index (κ2) is 9.85. The summed E-state index contributed by atoms with van der Waals surface area (Å²) in [4.78, 5) is 37.1. The summed E-state index contributed by atoms with van der Waals surface area (Å²) in [6.45, 7) is 2.53. The third-order valence-corrected chi connectivity index (χ3v) is 10.5. The maximum Gasteiger partial charge on any atom is 0.407 e. The highest BCUT2D eigenvalue weighted by atomic mass is 16.4. The number of hydrogen-bond donors (Lipinski definition) is 1. The fourth-order valence-corrected chi connectivity index (χ4v) is 8.76. The van der Waals surface area contributed by atoms with Crippen LogP contribution in [0.5, 0.6) is 0 Å². The maximum atomic E-state index is 14.2. The number of carbonyl (C=O) groups is 1. The molecular formula is C30H41N5O3. The van der Waals surface area contributed by atoms with Gasteiger partial charge in [-0.3, -0.25) is 9.69 Å². The molecule has 0 radical (unpaired) electrons. The first-order valence-corrected chi connectivity index (χ1v) is 15.1. The van der Waals surface area contributed by atoms with E-state index < -0.39 is 6.09 Å². The third kappa shape index (κ3) is 4.19. The van der Waals surface area contributed by atoms with Crippen LogP contribution in [0.1, 0.15) is 76.7 Å². The Morgan fingerprint density at radius 3 is 2.08 bits per heavy atom. The summed E-state index contributed by atoms with van der Waals surface area (Å²) in [5, 5.41) is 9.41. The largest absolute Gasteiger partial charge is 0.465 e. The van der Waals surface area contributed by atoms with Crippen molar-refractivity contribution >= 4 is 22.9 Å². The summed E-state index contributed by atoms with van der Waals surface area (Å²) >= 11 is 0. The van der Waals surface area contributed by atoms with Crippen LogP contribution >= 0.6 is 0 Å². The van der Waals surface area contributed by atoms with Gasteiger partial charge in [-0.15, -0.1) is 0 Å². The van der Waals surface area contributed by atoms with Crippen molar-refractivity contribution in [2.24, 2.45) is 11.8 Å². The van der Waals surface area contributed by atoms with Gasteiger partial charge in [0.2, 0.25) is 0 Å². The van der Waals surface area contributed by atoms with Crippen LogP contribution in [0, 0.1) is 11.8 Å². The maximum absolute atomic E-state index is 14.2. The molecule has 2 bridgehead atoms. The molecule has 1 aliphatic carbocycles. The number of amides is 1. The van der Waals surface area contributed by atoms with Gasteiger partial charge in [0.1, 0.15) is 0 Å². The normalized spacial score (nSPS) is 32.5. The molecule has 7 rings (SSSR count). The van der Waals surface area contributed by atoms with Crippen LogP contribution in [0.4, 0.5) is 10.6 Å². The number of carboxylic acid groups (broad SMARTS) is 1. The van der Waals surface area contributed by atoms with Gasteiger partial charge in [0.25, 0.3) is 5.56 Å². The monoisotopic (exact) mass is 519 g/mol. The van der Waals surface area contributed by atoms with Crippen molar-refractivity contribution in [3.63, 3.8) is 0 Å². The number of rotatable bonds is 3. The van der Waals surface area contributed by atoms with Crippen LogP contribution in [0.2, 0.25) is 0 Å². The first-order chi connectivity index (χ1) is 18.6. The Morgan fingerprint density at radius 1 is 0.789 bits per heavy atom. The predicted molar refractivity (Wildman–Crippen MR) is 148 cm³/mol. The average Bonchev–Trinajstić information content (AvgIpc) is 3.54. The molecule has 1 amide bonds. The average molecular weight is 520 g/mol. The molecule has 204 valence electrons. The van der Waals surface area contributed by atoms with Crippen LogP contribution in [-0.2, 0) is 0 Å². The summed E-state index contributed by atoms with van der Waals surface area (Å²) in [7, 11) is 0. The number of nitrogens with zero attached hydrogens (tertiary/aromatic N) is 5. The standard InChI is InChI=1S/C30H41N5O3/c36-29-28(32-16-20-18-33(30(37)38)19-21(20)17-32)31-26-10-6-7-11-27(26)35(29)25-14-23-12-13-24(15-25)34(23)22-8-4-2-1-3-5-9-22/h6-7,10-11,20-25H,1-5,8-9,12-19H2,(H,37,38). The molecule has 8 nitrogen and oxygen atoms in total. The number of aromatic nitrogens is 2. The fourth-order valence-electron chi connectivity index (χ4n) is 8.76. The molecule has 5 aliphatic rings. The van der Waals surface area contributed by atoms with Gasteiger partial charge in [-0.25, -0.2) is 9.78 Å². The number of benzene rings is 1. The molecule has 4 saturated heterocycles. The molecule has 1 N–H and O–H groups in total. The van der Waals surface area contributed by atoms with Gasteiger partial charge < -0.3 is 19.5 Å². The van der Waals surface area contributed by atoms with E-state index in [-0.39, 0.29) is 23.4 Å². The molecule has 5 heterocycles.